The lowest BCUT2D eigenvalue weighted by molar-refractivity contribution is 0.134. The van der Waals surface area contributed by atoms with E-state index in [0.29, 0.717) is 5.95 Å². The molecule has 0 aliphatic rings. The van der Waals surface area contributed by atoms with E-state index < -0.39 is 0 Å². The van der Waals surface area contributed by atoms with E-state index in [0.717, 1.165) is 44.0 Å². The van der Waals surface area contributed by atoms with Gasteiger partial charge < -0.3 is 10.1 Å². The molecule has 0 fully saturated rings. The van der Waals surface area contributed by atoms with Gasteiger partial charge in [-0.25, -0.2) is 9.97 Å². The Balaban J connectivity index is 2.21. The Labute approximate surface area is 97.5 Å². The fourth-order valence-electron chi connectivity index (χ4n) is 1.43. The van der Waals surface area contributed by atoms with E-state index >= 15 is 0 Å². The molecule has 0 aliphatic carbocycles. The summed E-state index contributed by atoms with van der Waals surface area (Å²) in [6.07, 6.45) is 2.06. The predicted molar refractivity (Wildman–Crippen MR) is 65.7 cm³/mol. The molecule has 0 aliphatic heterocycles. The maximum Gasteiger partial charge on any atom is 0.223 e. The average molecular weight is 223 g/mol. The van der Waals surface area contributed by atoms with Crippen molar-refractivity contribution in [1.82, 2.24) is 9.97 Å². The largest absolute Gasteiger partial charge is 0.381 e. The maximum atomic E-state index is 5.39. The van der Waals surface area contributed by atoms with Gasteiger partial charge in [-0.05, 0) is 32.8 Å². The summed E-state index contributed by atoms with van der Waals surface area (Å²) >= 11 is 0. The van der Waals surface area contributed by atoms with Gasteiger partial charge in [0.1, 0.15) is 0 Å². The first-order valence-corrected chi connectivity index (χ1v) is 5.86. The third kappa shape index (κ3) is 5.07. The van der Waals surface area contributed by atoms with Gasteiger partial charge >= 0.3 is 0 Å². The van der Waals surface area contributed by atoms with Crippen molar-refractivity contribution in [2.45, 2.75) is 33.6 Å². The van der Waals surface area contributed by atoms with Gasteiger partial charge in [-0.1, -0.05) is 6.92 Å². The van der Waals surface area contributed by atoms with Crippen LogP contribution >= 0.6 is 0 Å². The molecule has 0 spiro atoms. The summed E-state index contributed by atoms with van der Waals surface area (Å²) in [7, 11) is 0. The van der Waals surface area contributed by atoms with Crippen molar-refractivity contribution < 1.29 is 4.74 Å². The maximum absolute atomic E-state index is 5.39. The predicted octanol–water partition coefficient (Wildman–Crippen LogP) is 2.32. The van der Waals surface area contributed by atoms with Crippen molar-refractivity contribution in [3.8, 4) is 0 Å². The van der Waals surface area contributed by atoms with Gasteiger partial charge in [0.15, 0.2) is 0 Å². The minimum absolute atomic E-state index is 0.716. The number of rotatable bonds is 7. The zero-order chi connectivity index (χ0) is 11.8. The monoisotopic (exact) mass is 223 g/mol. The van der Waals surface area contributed by atoms with Crippen LogP contribution in [0.1, 0.15) is 31.2 Å². The van der Waals surface area contributed by atoms with E-state index in [1.807, 2.05) is 19.9 Å². The highest BCUT2D eigenvalue weighted by molar-refractivity contribution is 5.27. The minimum atomic E-state index is 0.716. The summed E-state index contributed by atoms with van der Waals surface area (Å²) in [6, 6.07) is 1.97. The van der Waals surface area contributed by atoms with Crippen LogP contribution in [0.5, 0.6) is 0 Å². The molecule has 4 heteroatoms. The van der Waals surface area contributed by atoms with Crippen LogP contribution in [-0.2, 0) is 4.74 Å². The van der Waals surface area contributed by atoms with Crippen LogP contribution in [-0.4, -0.2) is 29.7 Å². The van der Waals surface area contributed by atoms with Gasteiger partial charge in [-0.15, -0.1) is 0 Å². The second-order valence-corrected chi connectivity index (χ2v) is 3.87. The van der Waals surface area contributed by atoms with Gasteiger partial charge in [0.25, 0.3) is 0 Å². The molecule has 0 saturated carbocycles. The van der Waals surface area contributed by atoms with Gasteiger partial charge in [0.2, 0.25) is 5.95 Å². The lowest BCUT2D eigenvalue weighted by Gasteiger charge is -2.06. The molecule has 1 rings (SSSR count). The summed E-state index contributed by atoms with van der Waals surface area (Å²) in [5.41, 5.74) is 1.99. The van der Waals surface area contributed by atoms with E-state index in [2.05, 4.69) is 22.2 Å². The highest BCUT2D eigenvalue weighted by Gasteiger charge is 1.97. The topological polar surface area (TPSA) is 47.0 Å². The smallest absolute Gasteiger partial charge is 0.223 e. The minimum Gasteiger partial charge on any atom is -0.381 e. The van der Waals surface area contributed by atoms with E-state index in [9.17, 15) is 0 Å². The molecule has 90 valence electrons. The molecular formula is C12H21N3O. The van der Waals surface area contributed by atoms with Crippen LogP contribution < -0.4 is 5.32 Å². The van der Waals surface area contributed by atoms with Crippen molar-refractivity contribution in [2.75, 3.05) is 25.1 Å². The van der Waals surface area contributed by atoms with E-state index in [4.69, 9.17) is 4.74 Å². The van der Waals surface area contributed by atoms with Crippen molar-refractivity contribution in [2.24, 2.45) is 0 Å². The molecule has 16 heavy (non-hydrogen) atoms. The molecule has 1 N–H and O–H groups in total. The number of hydrogen-bond donors (Lipinski definition) is 1. The zero-order valence-corrected chi connectivity index (χ0v) is 10.4. The Morgan fingerprint density at radius 1 is 1.19 bits per heavy atom. The van der Waals surface area contributed by atoms with Gasteiger partial charge in [0, 0.05) is 31.1 Å². The second-order valence-electron chi connectivity index (χ2n) is 3.87. The molecule has 0 amide bonds. The summed E-state index contributed by atoms with van der Waals surface area (Å²) < 4.78 is 5.39. The molecule has 0 radical (unpaired) electrons. The standard InChI is InChI=1S/C12H21N3O/c1-4-7-16-8-5-6-13-12-14-10(2)9-11(3)15-12/h9H,4-8H2,1-3H3,(H,13,14,15). The quantitative estimate of drug-likeness (QED) is 0.721. The van der Waals surface area contributed by atoms with Crippen LogP contribution in [0.25, 0.3) is 0 Å². The Morgan fingerprint density at radius 2 is 1.88 bits per heavy atom. The van der Waals surface area contributed by atoms with Crippen LogP contribution in [0.4, 0.5) is 5.95 Å². The van der Waals surface area contributed by atoms with Crippen LogP contribution in [0, 0.1) is 13.8 Å². The number of nitrogens with zero attached hydrogens (tertiary/aromatic N) is 2. The average Bonchev–Trinajstić information content (AvgIpc) is 2.22. The Hall–Kier alpha value is -1.16. The number of anilines is 1. The first-order valence-electron chi connectivity index (χ1n) is 5.86. The van der Waals surface area contributed by atoms with Gasteiger partial charge in [-0.3, -0.25) is 0 Å². The SMILES string of the molecule is CCCOCCCNc1nc(C)cc(C)n1. The van der Waals surface area contributed by atoms with Crippen molar-refractivity contribution in [1.29, 1.82) is 0 Å². The van der Waals surface area contributed by atoms with Crippen molar-refractivity contribution in [3.63, 3.8) is 0 Å². The third-order valence-corrected chi connectivity index (χ3v) is 2.08. The molecular weight excluding hydrogens is 202 g/mol. The van der Waals surface area contributed by atoms with Crippen LogP contribution in [0.15, 0.2) is 6.07 Å². The second kappa shape index (κ2) is 7.17. The normalized spacial score (nSPS) is 10.4. The Bertz CT molecular complexity index is 295. The molecule has 1 aromatic heterocycles. The highest BCUT2D eigenvalue weighted by Crippen LogP contribution is 2.03. The third-order valence-electron chi connectivity index (χ3n) is 2.08. The highest BCUT2D eigenvalue weighted by atomic mass is 16.5. The van der Waals surface area contributed by atoms with E-state index in [1.165, 1.54) is 0 Å². The zero-order valence-electron chi connectivity index (χ0n) is 10.4. The number of aromatic nitrogens is 2. The molecule has 1 aromatic rings. The summed E-state index contributed by atoms with van der Waals surface area (Å²) in [5.74, 6) is 0.716. The fourth-order valence-corrected chi connectivity index (χ4v) is 1.43. The molecule has 0 atom stereocenters. The molecule has 0 bridgehead atoms. The van der Waals surface area contributed by atoms with E-state index in [-0.39, 0.29) is 0 Å². The van der Waals surface area contributed by atoms with Crippen LogP contribution in [0.2, 0.25) is 0 Å². The van der Waals surface area contributed by atoms with Crippen molar-refractivity contribution in [3.05, 3.63) is 17.5 Å². The lowest BCUT2D eigenvalue weighted by Crippen LogP contribution is -2.09. The molecule has 0 aromatic carbocycles. The Morgan fingerprint density at radius 3 is 2.50 bits per heavy atom. The number of aryl methyl sites for hydroxylation is 2. The molecule has 0 unspecified atom stereocenters. The first-order chi connectivity index (χ1) is 7.72. The number of nitrogens with one attached hydrogen (secondary N) is 1. The molecule has 1 heterocycles. The van der Waals surface area contributed by atoms with Gasteiger partial charge in [0.05, 0.1) is 0 Å². The fraction of sp³-hybridized carbons (Fsp3) is 0.667. The lowest BCUT2D eigenvalue weighted by atomic mass is 10.3. The first kappa shape index (κ1) is 12.9. The summed E-state index contributed by atoms with van der Waals surface area (Å²) in [5, 5.41) is 3.20. The number of hydrogen-bond acceptors (Lipinski definition) is 4. The van der Waals surface area contributed by atoms with Crippen LogP contribution in [0.3, 0.4) is 0 Å². The van der Waals surface area contributed by atoms with E-state index in [1.54, 1.807) is 0 Å². The molecule has 4 nitrogen and oxygen atoms in total. The number of ether oxygens (including phenoxy) is 1. The van der Waals surface area contributed by atoms with Crippen molar-refractivity contribution >= 4 is 5.95 Å². The van der Waals surface area contributed by atoms with Gasteiger partial charge in [-0.2, -0.15) is 0 Å². The summed E-state index contributed by atoms with van der Waals surface area (Å²) in [6.45, 7) is 8.56. The molecule has 0 saturated heterocycles. The Kier molecular flexibility index (Phi) is 5.78. The summed E-state index contributed by atoms with van der Waals surface area (Å²) in [4.78, 5) is 8.61.